The fourth-order valence-corrected chi connectivity index (χ4v) is 3.29. The number of carbonyl (C=O) groups is 3. The topological polar surface area (TPSA) is 101 Å². The summed E-state index contributed by atoms with van der Waals surface area (Å²) in [5, 5.41) is 5.33. The maximum absolute atomic E-state index is 12.7. The first kappa shape index (κ1) is 20.9. The molecule has 0 aliphatic carbocycles. The molecular formula is C20H22IN3O3. The van der Waals surface area contributed by atoms with Crippen molar-refractivity contribution in [2.45, 2.75) is 31.8 Å². The van der Waals surface area contributed by atoms with Gasteiger partial charge in [0.1, 0.15) is 12.1 Å². The van der Waals surface area contributed by atoms with E-state index in [0.29, 0.717) is 6.42 Å². The third kappa shape index (κ3) is 6.67. The van der Waals surface area contributed by atoms with Gasteiger partial charge in [0, 0.05) is 23.3 Å². The van der Waals surface area contributed by atoms with E-state index in [0.717, 1.165) is 14.7 Å². The number of hydrogen-bond acceptors (Lipinski definition) is 3. The van der Waals surface area contributed by atoms with Crippen molar-refractivity contribution in [1.82, 2.24) is 10.6 Å². The predicted molar refractivity (Wildman–Crippen MR) is 112 cm³/mol. The Kier molecular flexibility index (Phi) is 7.78. The molecule has 0 aromatic heterocycles. The molecule has 0 saturated heterocycles. The van der Waals surface area contributed by atoms with Gasteiger partial charge in [-0.25, -0.2) is 0 Å². The van der Waals surface area contributed by atoms with Crippen LogP contribution in [-0.2, 0) is 27.2 Å². The summed E-state index contributed by atoms with van der Waals surface area (Å²) >= 11 is 2.17. The molecule has 0 aliphatic rings. The minimum absolute atomic E-state index is 0.290. The molecule has 2 aromatic carbocycles. The first-order chi connectivity index (χ1) is 12.9. The molecule has 0 fully saturated rings. The normalized spacial score (nSPS) is 12.7. The van der Waals surface area contributed by atoms with Gasteiger partial charge >= 0.3 is 0 Å². The molecular weight excluding hydrogens is 457 g/mol. The fourth-order valence-electron chi connectivity index (χ4n) is 2.68. The van der Waals surface area contributed by atoms with Crippen molar-refractivity contribution in [3.63, 3.8) is 0 Å². The third-order valence-electron chi connectivity index (χ3n) is 4.02. The highest BCUT2D eigenvalue weighted by Gasteiger charge is 2.25. The largest absolute Gasteiger partial charge is 0.368 e. The van der Waals surface area contributed by atoms with Gasteiger partial charge in [-0.3, -0.25) is 14.4 Å². The first-order valence-corrected chi connectivity index (χ1v) is 9.59. The SMILES string of the molecule is CC(=O)N[C@@H](Cc1ccccc1)C(=O)N[C@@H](Cc1ccccc1I)C(N)=O. The van der Waals surface area contributed by atoms with Crippen molar-refractivity contribution in [3.8, 4) is 0 Å². The van der Waals surface area contributed by atoms with Crippen molar-refractivity contribution in [2.24, 2.45) is 5.73 Å². The summed E-state index contributed by atoms with van der Waals surface area (Å²) in [4.78, 5) is 36.1. The summed E-state index contributed by atoms with van der Waals surface area (Å²) in [5.74, 6) is -1.38. The Balaban J connectivity index is 2.13. The summed E-state index contributed by atoms with van der Waals surface area (Å²) in [6.07, 6.45) is 0.610. The molecule has 2 aromatic rings. The summed E-state index contributed by atoms with van der Waals surface area (Å²) < 4.78 is 0.985. The third-order valence-corrected chi connectivity index (χ3v) is 5.07. The molecule has 7 heteroatoms. The van der Waals surface area contributed by atoms with Crippen LogP contribution in [0.4, 0.5) is 0 Å². The number of amides is 3. The summed E-state index contributed by atoms with van der Waals surface area (Å²) in [6, 6.07) is 15.3. The Morgan fingerprint density at radius 1 is 0.926 bits per heavy atom. The van der Waals surface area contributed by atoms with E-state index in [-0.39, 0.29) is 12.3 Å². The van der Waals surface area contributed by atoms with Gasteiger partial charge in [-0.05, 0) is 39.8 Å². The predicted octanol–water partition coefficient (Wildman–Crippen LogP) is 1.55. The number of nitrogens with one attached hydrogen (secondary N) is 2. The van der Waals surface area contributed by atoms with Gasteiger partial charge in [0.15, 0.2) is 0 Å². The fraction of sp³-hybridized carbons (Fsp3) is 0.250. The van der Waals surface area contributed by atoms with Crippen LogP contribution in [0.5, 0.6) is 0 Å². The number of primary amides is 1. The van der Waals surface area contributed by atoms with E-state index in [2.05, 4.69) is 33.2 Å². The Hall–Kier alpha value is -2.42. The van der Waals surface area contributed by atoms with E-state index in [9.17, 15) is 14.4 Å². The minimum Gasteiger partial charge on any atom is -0.368 e. The van der Waals surface area contributed by atoms with E-state index in [1.54, 1.807) is 0 Å². The van der Waals surface area contributed by atoms with Crippen molar-refractivity contribution < 1.29 is 14.4 Å². The van der Waals surface area contributed by atoms with Crippen LogP contribution >= 0.6 is 22.6 Å². The van der Waals surface area contributed by atoms with Crippen molar-refractivity contribution in [3.05, 3.63) is 69.3 Å². The Labute approximate surface area is 172 Å². The second kappa shape index (κ2) is 10.1. The zero-order valence-corrected chi connectivity index (χ0v) is 17.1. The molecule has 0 radical (unpaired) electrons. The number of nitrogens with two attached hydrogens (primary N) is 1. The highest BCUT2D eigenvalue weighted by Crippen LogP contribution is 2.14. The number of hydrogen-bond donors (Lipinski definition) is 3. The lowest BCUT2D eigenvalue weighted by atomic mass is 10.0. The molecule has 2 rings (SSSR count). The van der Waals surface area contributed by atoms with Crippen LogP contribution in [0.3, 0.4) is 0 Å². The highest BCUT2D eigenvalue weighted by molar-refractivity contribution is 14.1. The van der Waals surface area contributed by atoms with Gasteiger partial charge in [-0.2, -0.15) is 0 Å². The summed E-state index contributed by atoms with van der Waals surface area (Å²) in [6.45, 7) is 1.35. The summed E-state index contributed by atoms with van der Waals surface area (Å²) in [5.41, 5.74) is 7.31. The van der Waals surface area contributed by atoms with Gasteiger partial charge in [0.25, 0.3) is 0 Å². The van der Waals surface area contributed by atoms with E-state index in [4.69, 9.17) is 5.73 Å². The van der Waals surface area contributed by atoms with Gasteiger partial charge in [-0.1, -0.05) is 48.5 Å². The Morgan fingerprint density at radius 3 is 2.15 bits per heavy atom. The lowest BCUT2D eigenvalue weighted by Crippen LogP contribution is -2.54. The van der Waals surface area contributed by atoms with Crippen LogP contribution in [0.1, 0.15) is 18.1 Å². The highest BCUT2D eigenvalue weighted by atomic mass is 127. The summed E-state index contributed by atoms with van der Waals surface area (Å²) in [7, 11) is 0. The molecule has 0 unspecified atom stereocenters. The Morgan fingerprint density at radius 2 is 1.56 bits per heavy atom. The average molecular weight is 479 g/mol. The van der Waals surface area contributed by atoms with Crippen LogP contribution in [-0.4, -0.2) is 29.8 Å². The number of halogens is 1. The molecule has 0 saturated carbocycles. The lowest BCUT2D eigenvalue weighted by molar-refractivity contribution is -0.130. The van der Waals surface area contributed by atoms with Crippen LogP contribution in [0.2, 0.25) is 0 Å². The number of carbonyl (C=O) groups excluding carboxylic acids is 3. The molecule has 3 amide bonds. The number of benzene rings is 2. The van der Waals surface area contributed by atoms with E-state index in [1.165, 1.54) is 6.92 Å². The van der Waals surface area contributed by atoms with Crippen LogP contribution < -0.4 is 16.4 Å². The zero-order valence-electron chi connectivity index (χ0n) is 14.9. The van der Waals surface area contributed by atoms with Gasteiger partial charge in [0.05, 0.1) is 0 Å². The van der Waals surface area contributed by atoms with Gasteiger partial charge in [0.2, 0.25) is 17.7 Å². The van der Waals surface area contributed by atoms with E-state index in [1.807, 2.05) is 54.6 Å². The quantitative estimate of drug-likeness (QED) is 0.501. The molecule has 6 nitrogen and oxygen atoms in total. The molecule has 142 valence electrons. The molecule has 0 heterocycles. The monoisotopic (exact) mass is 479 g/mol. The minimum atomic E-state index is -0.861. The van der Waals surface area contributed by atoms with Crippen LogP contribution in [0.15, 0.2) is 54.6 Å². The average Bonchev–Trinajstić information content (AvgIpc) is 2.62. The lowest BCUT2D eigenvalue weighted by Gasteiger charge is -2.22. The second-order valence-electron chi connectivity index (χ2n) is 6.20. The molecule has 0 aliphatic heterocycles. The maximum atomic E-state index is 12.7. The zero-order chi connectivity index (χ0) is 19.8. The van der Waals surface area contributed by atoms with Crippen molar-refractivity contribution in [1.29, 1.82) is 0 Å². The van der Waals surface area contributed by atoms with E-state index >= 15 is 0 Å². The molecule has 0 spiro atoms. The van der Waals surface area contributed by atoms with Gasteiger partial charge in [-0.15, -0.1) is 0 Å². The van der Waals surface area contributed by atoms with Crippen LogP contribution in [0.25, 0.3) is 0 Å². The van der Waals surface area contributed by atoms with Crippen molar-refractivity contribution in [2.75, 3.05) is 0 Å². The van der Waals surface area contributed by atoms with Gasteiger partial charge < -0.3 is 16.4 Å². The van der Waals surface area contributed by atoms with Crippen LogP contribution in [0, 0.1) is 3.57 Å². The van der Waals surface area contributed by atoms with E-state index < -0.39 is 23.9 Å². The molecule has 27 heavy (non-hydrogen) atoms. The molecule has 2 atom stereocenters. The number of rotatable bonds is 8. The Bertz CT molecular complexity index is 811. The standard InChI is InChI=1S/C20H22IN3O3/c1-13(25)23-18(11-14-7-3-2-4-8-14)20(27)24-17(19(22)26)12-15-9-5-6-10-16(15)21/h2-10,17-18H,11-12H2,1H3,(H2,22,26)(H,23,25)(H,24,27)/t17-,18-/m0/s1. The van der Waals surface area contributed by atoms with Crippen molar-refractivity contribution >= 4 is 40.3 Å². The second-order valence-corrected chi connectivity index (χ2v) is 7.36. The first-order valence-electron chi connectivity index (χ1n) is 8.51. The smallest absolute Gasteiger partial charge is 0.243 e. The maximum Gasteiger partial charge on any atom is 0.243 e. The molecule has 4 N–H and O–H groups in total. The molecule has 0 bridgehead atoms.